The first-order valence-corrected chi connectivity index (χ1v) is 22.5. The van der Waals surface area contributed by atoms with Gasteiger partial charge in [0.15, 0.2) is 49.6 Å². The smallest absolute Gasteiger partial charge is 0.328 e. The Bertz CT molecular complexity index is 3360. The molecule has 0 radical (unpaired) electrons. The maximum absolute atomic E-state index is 12.2. The average Bonchev–Trinajstić information content (AvgIpc) is 4.17. The van der Waals surface area contributed by atoms with Crippen LogP contribution < -0.4 is 79.1 Å². The second-order valence-electron chi connectivity index (χ2n) is 17.3. The Morgan fingerprint density at radius 2 is 0.829 bits per heavy atom. The fraction of sp³-hybridized carbons (Fsp3) is 0.185. The lowest BCUT2D eigenvalue weighted by atomic mass is 10.0. The Kier molecular flexibility index (Phi) is 17.0. The van der Waals surface area contributed by atoms with Crippen LogP contribution in [-0.2, 0) is 34.2 Å². The molecule has 0 saturated carbocycles. The predicted molar refractivity (Wildman–Crippen MR) is 259 cm³/mol. The molecule has 0 amide bonds. The zero-order chi connectivity index (χ0) is 45.3. The molecule has 8 aromatic heterocycles. The fourth-order valence-corrected chi connectivity index (χ4v) is 8.91. The van der Waals surface area contributed by atoms with Crippen molar-refractivity contribution in [3.05, 3.63) is 178 Å². The largest absolute Gasteiger partial charge is 1.00 e. The van der Waals surface area contributed by atoms with E-state index in [4.69, 9.17) is 9.97 Å². The van der Waals surface area contributed by atoms with Crippen molar-refractivity contribution in [2.24, 2.45) is 21.1 Å². The van der Waals surface area contributed by atoms with Crippen LogP contribution in [0, 0.1) is 6.92 Å². The second-order valence-corrected chi connectivity index (χ2v) is 17.3. The average molecular weight is 1010 g/mol. The number of aryl methyl sites for hydroxylation is 6. The van der Waals surface area contributed by atoms with Gasteiger partial charge in [-0.25, -0.2) is 33.0 Å². The number of hydrogen-bond donors (Lipinski definition) is 3. The molecule has 10 rings (SSSR count). The molecule has 2 aliphatic rings. The molecular weight excluding hydrogens is 962 g/mol. The Balaban J connectivity index is 0.00000201. The standard InChI is InChI=1S/C54H50N10O2.4ClH/c1-36-35-64(54(66)59-53(36)65)26-8-6-5-7-25-63-33-23-40(24-34-63)52-47-15-13-45(57-47)50(38-19-29-61(3)30-20-38)43-11-9-41(55-43)49(37-17-27-60(2)28-18-37)42-10-12-44(56-42)51(46-14-16-48(52)58-46)39-21-31-62(4)32-22-39;;;;/h9-24,27-35H,5-8,25-26H2,1-4H3,(H-,55,56,57,58,59,65,66);4*1H/q+2;;;;/p-2. The molecule has 0 spiro atoms. The highest BCUT2D eigenvalue weighted by Crippen LogP contribution is 2.38. The third-order valence-electron chi connectivity index (χ3n) is 12.5. The number of unbranched alkanes of at least 4 members (excludes halogenated alkanes) is 3. The minimum Gasteiger partial charge on any atom is -1.00 e. The first kappa shape index (κ1) is 52.4. The van der Waals surface area contributed by atoms with E-state index in [0.29, 0.717) is 12.1 Å². The van der Waals surface area contributed by atoms with Crippen LogP contribution in [0.2, 0.25) is 0 Å². The molecule has 0 aliphatic carbocycles. The highest BCUT2D eigenvalue weighted by molar-refractivity contribution is 6.00. The van der Waals surface area contributed by atoms with Crippen LogP contribution in [0.3, 0.4) is 0 Å². The maximum Gasteiger partial charge on any atom is 0.328 e. The van der Waals surface area contributed by atoms with E-state index in [0.717, 1.165) is 122 Å². The van der Waals surface area contributed by atoms with Gasteiger partial charge in [-0.2, -0.15) is 0 Å². The summed E-state index contributed by atoms with van der Waals surface area (Å²) in [7, 11) is 6.08. The van der Waals surface area contributed by atoms with Gasteiger partial charge in [0.05, 0.1) is 22.8 Å². The van der Waals surface area contributed by atoms with E-state index in [1.165, 1.54) is 0 Å². The molecular formula is C54H52Cl4N10O2. The van der Waals surface area contributed by atoms with E-state index in [1.54, 1.807) is 17.7 Å². The van der Waals surface area contributed by atoms with Gasteiger partial charge < -0.3 is 64.2 Å². The fourth-order valence-electron chi connectivity index (χ4n) is 8.91. The number of aromatic nitrogens is 10. The van der Waals surface area contributed by atoms with Gasteiger partial charge in [-0.3, -0.25) is 9.78 Å². The number of H-pyrrole nitrogens is 3. The molecule has 0 aromatic carbocycles. The molecule has 10 heterocycles. The summed E-state index contributed by atoms with van der Waals surface area (Å²) >= 11 is 0. The summed E-state index contributed by atoms with van der Waals surface area (Å²) in [6.07, 6.45) is 30.7. The minimum atomic E-state index is -0.349. The van der Waals surface area contributed by atoms with Crippen molar-refractivity contribution in [2.45, 2.75) is 45.7 Å². The van der Waals surface area contributed by atoms with Crippen molar-refractivity contribution in [3.8, 4) is 44.5 Å². The monoisotopic (exact) mass is 1010 g/mol. The van der Waals surface area contributed by atoms with Crippen LogP contribution in [0.25, 0.3) is 90.9 Å². The first-order chi connectivity index (χ1) is 32.1. The summed E-state index contributed by atoms with van der Waals surface area (Å²) in [4.78, 5) is 45.0. The van der Waals surface area contributed by atoms with Gasteiger partial charge in [-0.15, -0.1) is 0 Å². The third kappa shape index (κ3) is 10.9. The van der Waals surface area contributed by atoms with Crippen LogP contribution in [0.1, 0.15) is 54.0 Å². The third-order valence-corrected chi connectivity index (χ3v) is 12.5. The Morgan fingerprint density at radius 3 is 1.29 bits per heavy atom. The molecule has 0 atom stereocenters. The van der Waals surface area contributed by atoms with E-state index in [9.17, 15) is 9.59 Å². The maximum atomic E-state index is 12.2. The van der Waals surface area contributed by atoms with E-state index < -0.39 is 0 Å². The van der Waals surface area contributed by atoms with E-state index in [-0.39, 0.29) is 60.9 Å². The van der Waals surface area contributed by atoms with Gasteiger partial charge >= 0.3 is 5.69 Å². The molecule has 12 nitrogen and oxygen atoms in total. The minimum absolute atomic E-state index is 0. The molecule has 358 valence electrons. The molecule has 2 aliphatic heterocycles. The van der Waals surface area contributed by atoms with Gasteiger partial charge in [0, 0.05) is 118 Å². The Morgan fingerprint density at radius 1 is 0.457 bits per heavy atom. The summed E-state index contributed by atoms with van der Waals surface area (Å²) in [5.41, 5.74) is 15.3. The number of aromatic amines is 3. The molecule has 0 fully saturated rings. The number of rotatable bonds is 11. The normalized spacial score (nSPS) is 11.3. The number of nitrogens with zero attached hydrogens (tertiary/aromatic N) is 7. The summed E-state index contributed by atoms with van der Waals surface area (Å²) in [6.45, 7) is 3.18. The highest BCUT2D eigenvalue weighted by atomic mass is 35.5. The van der Waals surface area contributed by atoms with Gasteiger partial charge in [0.1, 0.15) is 27.7 Å². The summed E-state index contributed by atoms with van der Waals surface area (Å²) in [6, 6.07) is 25.9. The predicted octanol–water partition coefficient (Wildman–Crippen LogP) is -4.48. The molecule has 16 heteroatoms. The number of halogens is 4. The van der Waals surface area contributed by atoms with E-state index in [2.05, 4.69) is 166 Å². The zero-order valence-electron chi connectivity index (χ0n) is 39.1. The first-order valence-electron chi connectivity index (χ1n) is 22.5. The van der Waals surface area contributed by atoms with Crippen LogP contribution in [0.4, 0.5) is 0 Å². The van der Waals surface area contributed by atoms with Crippen LogP contribution in [0.5, 0.6) is 0 Å². The van der Waals surface area contributed by atoms with Crippen molar-refractivity contribution in [1.29, 1.82) is 0 Å². The van der Waals surface area contributed by atoms with Gasteiger partial charge in [-0.05, 0) is 90.6 Å². The summed E-state index contributed by atoms with van der Waals surface area (Å²) in [5.74, 6) is 0. The lowest BCUT2D eigenvalue weighted by Gasteiger charge is -2.06. The molecule has 8 bridgehead atoms. The van der Waals surface area contributed by atoms with Gasteiger partial charge in [-0.1, -0.05) is 6.42 Å². The van der Waals surface area contributed by atoms with Crippen molar-refractivity contribution in [3.63, 3.8) is 0 Å². The molecule has 0 saturated heterocycles. The highest BCUT2D eigenvalue weighted by Gasteiger charge is 2.21. The summed E-state index contributed by atoms with van der Waals surface area (Å²) < 4.78 is 9.95. The van der Waals surface area contributed by atoms with E-state index >= 15 is 0 Å². The van der Waals surface area contributed by atoms with Crippen molar-refractivity contribution in [1.82, 2.24) is 29.5 Å². The lowest BCUT2D eigenvalue weighted by Crippen LogP contribution is -3.00. The summed E-state index contributed by atoms with van der Waals surface area (Å²) in [5, 5.41) is 0. The topological polar surface area (TPSA) is 128 Å². The number of nitrogens with one attached hydrogen (secondary N) is 3. The number of fused-ring (bicyclic) bond motifs is 8. The van der Waals surface area contributed by atoms with Crippen molar-refractivity contribution >= 4 is 46.4 Å². The molecule has 70 heavy (non-hydrogen) atoms. The lowest BCUT2D eigenvalue weighted by molar-refractivity contribution is -0.697. The van der Waals surface area contributed by atoms with E-state index in [1.807, 2.05) is 34.8 Å². The Labute approximate surface area is 430 Å². The van der Waals surface area contributed by atoms with Crippen molar-refractivity contribution in [2.75, 3.05) is 0 Å². The zero-order valence-corrected chi connectivity index (χ0v) is 42.2. The van der Waals surface area contributed by atoms with Gasteiger partial charge in [0.2, 0.25) is 0 Å². The molecule has 8 aromatic rings. The van der Waals surface area contributed by atoms with Crippen LogP contribution in [0.15, 0.2) is 138 Å². The van der Waals surface area contributed by atoms with Gasteiger partial charge in [0.25, 0.3) is 5.56 Å². The Hall–Kier alpha value is -6.96. The second kappa shape index (κ2) is 22.6. The SMILES string of the molecule is Cc1cn(CCCCCC[n+]2ccc(-c3c4ccc([nH]4)c(-c4cc[n+](C)cc4)c4nc(c(-c5cc[n+](C)cc5)c5nc(c(-c6cc[n+](C)cc6)c6ccc3[nH]6)C=C5)C=C4)cc2)c(=O)[nH]c1=O.[Cl-].[Cl-].[Cl-].[Cl-]. The quantitative estimate of drug-likeness (QED) is 0.0894. The van der Waals surface area contributed by atoms with Crippen LogP contribution in [-0.4, -0.2) is 29.5 Å². The van der Waals surface area contributed by atoms with Crippen molar-refractivity contribution < 1.29 is 67.9 Å². The molecule has 3 N–H and O–H groups in total. The van der Waals surface area contributed by atoms with Crippen LogP contribution >= 0.6 is 0 Å². The number of hydrogen-bond acceptors (Lipinski definition) is 4. The number of pyridine rings is 4. The molecule has 0 unspecified atom stereocenters.